The van der Waals surface area contributed by atoms with E-state index in [0.29, 0.717) is 17.5 Å². The fourth-order valence-electron chi connectivity index (χ4n) is 7.72. The van der Waals surface area contributed by atoms with Gasteiger partial charge in [-0.15, -0.1) is 0 Å². The van der Waals surface area contributed by atoms with E-state index in [-0.39, 0.29) is 0 Å². The standard InChI is InChI=1S/C48H30N8/c1-5-16-31(17-6-1)37-28-41(53-47(51-37)33-20-9-3-10-21-33)55-39-25-14-13-24-35(39)36-30-50-44-43-40(26-15-27-49-43)56(46(44)45(36)55)42-29-38(32-18-7-2-8-19-32)52-48(54-42)34-22-11-4-12-23-34/h1-30H. The minimum Gasteiger partial charge on any atom is -0.291 e. The van der Waals surface area contributed by atoms with Crippen LogP contribution in [-0.4, -0.2) is 39.0 Å². The van der Waals surface area contributed by atoms with Gasteiger partial charge in [0.25, 0.3) is 0 Å². The molecule has 56 heavy (non-hydrogen) atoms. The van der Waals surface area contributed by atoms with Gasteiger partial charge in [0.2, 0.25) is 0 Å². The van der Waals surface area contributed by atoms with Crippen molar-refractivity contribution in [1.29, 1.82) is 0 Å². The maximum absolute atomic E-state index is 5.32. The molecule has 0 N–H and O–H groups in total. The predicted octanol–water partition coefficient (Wildman–Crippen LogP) is 10.9. The number of benzene rings is 5. The van der Waals surface area contributed by atoms with Gasteiger partial charge in [-0.3, -0.25) is 19.1 Å². The molecule has 0 aliphatic rings. The molecule has 6 heterocycles. The van der Waals surface area contributed by atoms with Crippen LogP contribution in [-0.2, 0) is 0 Å². The number of pyridine rings is 2. The molecule has 0 atom stereocenters. The molecule has 6 aromatic heterocycles. The van der Waals surface area contributed by atoms with Gasteiger partial charge in [-0.25, -0.2) is 19.9 Å². The number of aromatic nitrogens is 8. The number of hydrogen-bond donors (Lipinski definition) is 0. The Hall–Kier alpha value is -7.84. The highest BCUT2D eigenvalue weighted by Gasteiger charge is 2.25. The summed E-state index contributed by atoms with van der Waals surface area (Å²) >= 11 is 0. The smallest absolute Gasteiger partial charge is 0.162 e. The van der Waals surface area contributed by atoms with Crippen molar-refractivity contribution in [2.75, 3.05) is 0 Å². The van der Waals surface area contributed by atoms with Gasteiger partial charge in [-0.1, -0.05) is 140 Å². The Morgan fingerprint density at radius 1 is 0.357 bits per heavy atom. The van der Waals surface area contributed by atoms with Crippen LogP contribution in [0, 0.1) is 0 Å². The van der Waals surface area contributed by atoms with Crippen molar-refractivity contribution in [3.05, 3.63) is 182 Å². The highest BCUT2D eigenvalue weighted by atomic mass is 15.1. The minimum atomic E-state index is 0.623. The SMILES string of the molecule is c1ccc(-c2cc(-n3c4ccccc4c4cnc5c6ncccc6n(-c6cc(-c7ccccc7)nc(-c7ccccc7)n6)c5c43)nc(-c3ccccc3)n2)cc1. The molecule has 8 nitrogen and oxygen atoms in total. The van der Waals surface area contributed by atoms with Crippen molar-refractivity contribution in [1.82, 2.24) is 39.0 Å². The lowest BCUT2D eigenvalue weighted by Gasteiger charge is -2.14. The quantitative estimate of drug-likeness (QED) is 0.170. The molecular formula is C48H30N8. The molecule has 0 bridgehead atoms. The average molecular weight is 719 g/mol. The summed E-state index contributed by atoms with van der Waals surface area (Å²) in [6.45, 7) is 0. The highest BCUT2D eigenvalue weighted by Crippen LogP contribution is 2.41. The second kappa shape index (κ2) is 12.9. The van der Waals surface area contributed by atoms with E-state index in [0.717, 1.165) is 83.3 Å². The summed E-state index contributed by atoms with van der Waals surface area (Å²) in [5.41, 5.74) is 10.7. The zero-order valence-electron chi connectivity index (χ0n) is 29.9. The van der Waals surface area contributed by atoms with E-state index >= 15 is 0 Å². The van der Waals surface area contributed by atoms with E-state index < -0.39 is 0 Å². The van der Waals surface area contributed by atoms with Crippen molar-refractivity contribution in [2.45, 2.75) is 0 Å². The maximum Gasteiger partial charge on any atom is 0.162 e. The van der Waals surface area contributed by atoms with Gasteiger partial charge in [0, 0.05) is 57.6 Å². The topological polar surface area (TPSA) is 87.2 Å². The Kier molecular flexibility index (Phi) is 7.31. The van der Waals surface area contributed by atoms with E-state index in [2.05, 4.69) is 88.0 Å². The molecule has 11 rings (SSSR count). The van der Waals surface area contributed by atoms with Crippen LogP contribution in [0.1, 0.15) is 0 Å². The van der Waals surface area contributed by atoms with Crippen molar-refractivity contribution >= 4 is 43.9 Å². The van der Waals surface area contributed by atoms with E-state index in [1.54, 1.807) is 0 Å². The van der Waals surface area contributed by atoms with Gasteiger partial charge >= 0.3 is 0 Å². The Labute approximate surface area is 321 Å². The van der Waals surface area contributed by atoms with E-state index in [4.69, 9.17) is 29.9 Å². The molecule has 0 aliphatic heterocycles. The van der Waals surface area contributed by atoms with Crippen molar-refractivity contribution in [2.24, 2.45) is 0 Å². The maximum atomic E-state index is 5.32. The van der Waals surface area contributed by atoms with E-state index in [9.17, 15) is 0 Å². The highest BCUT2D eigenvalue weighted by molar-refractivity contribution is 6.21. The summed E-state index contributed by atoms with van der Waals surface area (Å²) < 4.78 is 4.45. The molecule has 5 aromatic carbocycles. The van der Waals surface area contributed by atoms with Crippen molar-refractivity contribution in [3.63, 3.8) is 0 Å². The van der Waals surface area contributed by atoms with Gasteiger partial charge in [-0.2, -0.15) is 0 Å². The van der Waals surface area contributed by atoms with Gasteiger partial charge < -0.3 is 0 Å². The van der Waals surface area contributed by atoms with Gasteiger partial charge in [0.15, 0.2) is 11.6 Å². The van der Waals surface area contributed by atoms with Gasteiger partial charge in [0.05, 0.1) is 27.9 Å². The van der Waals surface area contributed by atoms with Crippen molar-refractivity contribution in [3.8, 4) is 56.9 Å². The molecule has 0 unspecified atom stereocenters. The van der Waals surface area contributed by atoms with Crippen LogP contribution in [0.15, 0.2) is 182 Å². The first-order valence-corrected chi connectivity index (χ1v) is 18.5. The van der Waals surface area contributed by atoms with Crippen molar-refractivity contribution < 1.29 is 0 Å². The average Bonchev–Trinajstić information content (AvgIpc) is 3.81. The molecule has 0 saturated carbocycles. The van der Waals surface area contributed by atoms with Crippen LogP contribution < -0.4 is 0 Å². The molecule has 8 heteroatoms. The second-order valence-corrected chi connectivity index (χ2v) is 13.6. The monoisotopic (exact) mass is 718 g/mol. The first-order chi connectivity index (χ1) is 27.8. The predicted molar refractivity (Wildman–Crippen MR) is 224 cm³/mol. The number of nitrogens with zero attached hydrogens (tertiary/aromatic N) is 8. The van der Waals surface area contributed by atoms with E-state index in [1.807, 2.05) is 103 Å². The Bertz CT molecular complexity index is 2900. The molecule has 0 spiro atoms. The first kappa shape index (κ1) is 31.7. The number of fused-ring (bicyclic) bond motifs is 7. The number of rotatable bonds is 6. The Balaban J connectivity index is 1.29. The molecule has 11 aromatic rings. The molecule has 262 valence electrons. The van der Waals surface area contributed by atoms with Crippen LogP contribution >= 0.6 is 0 Å². The fourth-order valence-corrected chi connectivity index (χ4v) is 7.72. The third-order valence-corrected chi connectivity index (χ3v) is 10.2. The zero-order valence-corrected chi connectivity index (χ0v) is 29.9. The summed E-state index contributed by atoms with van der Waals surface area (Å²) in [5, 5.41) is 2.04. The summed E-state index contributed by atoms with van der Waals surface area (Å²) in [5.74, 6) is 2.70. The Morgan fingerprint density at radius 2 is 0.839 bits per heavy atom. The largest absolute Gasteiger partial charge is 0.291 e. The molecule has 0 radical (unpaired) electrons. The molecule has 0 amide bonds. The molecular weight excluding hydrogens is 689 g/mol. The molecule has 0 aliphatic carbocycles. The lowest BCUT2D eigenvalue weighted by Crippen LogP contribution is -2.05. The lowest BCUT2D eigenvalue weighted by atomic mass is 10.1. The van der Waals surface area contributed by atoms with E-state index in [1.165, 1.54) is 0 Å². The summed E-state index contributed by atoms with van der Waals surface area (Å²) in [6, 6.07) is 57.4. The Morgan fingerprint density at radius 3 is 1.41 bits per heavy atom. The fraction of sp³-hybridized carbons (Fsp3) is 0. The number of para-hydroxylation sites is 1. The zero-order chi connectivity index (χ0) is 37.0. The second-order valence-electron chi connectivity index (χ2n) is 13.6. The minimum absolute atomic E-state index is 0.623. The third kappa shape index (κ3) is 5.15. The van der Waals surface area contributed by atoms with Crippen LogP contribution in [0.4, 0.5) is 0 Å². The number of hydrogen-bond acceptors (Lipinski definition) is 6. The normalized spacial score (nSPS) is 11.6. The van der Waals surface area contributed by atoms with Gasteiger partial charge in [0.1, 0.15) is 28.2 Å². The summed E-state index contributed by atoms with van der Waals surface area (Å²) in [7, 11) is 0. The lowest BCUT2D eigenvalue weighted by molar-refractivity contribution is 1.03. The first-order valence-electron chi connectivity index (χ1n) is 18.5. The van der Waals surface area contributed by atoms with Crippen LogP contribution in [0.25, 0.3) is 101 Å². The summed E-state index contributed by atoms with van der Waals surface area (Å²) in [6.07, 6.45) is 3.79. The van der Waals surface area contributed by atoms with Crippen LogP contribution in [0.3, 0.4) is 0 Å². The molecule has 0 saturated heterocycles. The van der Waals surface area contributed by atoms with Crippen LogP contribution in [0.5, 0.6) is 0 Å². The van der Waals surface area contributed by atoms with Gasteiger partial charge in [-0.05, 0) is 18.2 Å². The summed E-state index contributed by atoms with van der Waals surface area (Å²) in [4.78, 5) is 30.9. The van der Waals surface area contributed by atoms with Crippen LogP contribution in [0.2, 0.25) is 0 Å². The molecule has 0 fully saturated rings. The third-order valence-electron chi connectivity index (χ3n) is 10.2.